The summed E-state index contributed by atoms with van der Waals surface area (Å²) in [4.78, 5) is 0. The van der Waals surface area contributed by atoms with Crippen molar-refractivity contribution in [2.75, 3.05) is 0 Å². The maximum atomic E-state index is 12.5. The summed E-state index contributed by atoms with van der Waals surface area (Å²) in [5.41, 5.74) is 1.21. The van der Waals surface area contributed by atoms with E-state index in [1.54, 1.807) is 4.68 Å². The molecule has 1 N–H and O–H groups in total. The first-order chi connectivity index (χ1) is 11.6. The van der Waals surface area contributed by atoms with E-state index in [1.165, 1.54) is 12.1 Å². The topological polar surface area (TPSA) is 64.0 Å². The largest absolute Gasteiger partial charge is 0.416 e. The van der Waals surface area contributed by atoms with Gasteiger partial charge in [-0.2, -0.15) is 18.3 Å². The maximum absolute atomic E-state index is 12.5. The molecule has 9 heteroatoms. The Kier molecular flexibility index (Phi) is 4.63. The highest BCUT2D eigenvalue weighted by molar-refractivity contribution is 7.88. The zero-order chi connectivity index (χ0) is 18.2. The molecule has 5 nitrogen and oxygen atoms in total. The summed E-state index contributed by atoms with van der Waals surface area (Å²) in [5.74, 6) is 0.128. The fraction of sp³-hybridized carbons (Fsp3) is 0.438. The van der Waals surface area contributed by atoms with Crippen LogP contribution in [0.4, 0.5) is 13.2 Å². The molecule has 3 rings (SSSR count). The van der Waals surface area contributed by atoms with Crippen LogP contribution >= 0.6 is 0 Å². The van der Waals surface area contributed by atoms with Crippen molar-refractivity contribution in [3.8, 4) is 0 Å². The molecular weight excluding hydrogens is 355 g/mol. The third-order valence-corrected chi connectivity index (χ3v) is 5.37. The van der Waals surface area contributed by atoms with E-state index in [0.29, 0.717) is 17.2 Å². The van der Waals surface area contributed by atoms with Crippen molar-refractivity contribution in [3.63, 3.8) is 0 Å². The minimum absolute atomic E-state index is 0.0591. The SMILES string of the molecule is Cn1nc(CNS(=O)(=O)Cc2ccc(C(F)(F)F)cc2)cc1C1CC1. The van der Waals surface area contributed by atoms with Crippen LogP contribution in [0, 0.1) is 0 Å². The van der Waals surface area contributed by atoms with Gasteiger partial charge in [0.15, 0.2) is 0 Å². The molecule has 0 amide bonds. The Balaban J connectivity index is 1.61. The lowest BCUT2D eigenvalue weighted by Gasteiger charge is -2.08. The summed E-state index contributed by atoms with van der Waals surface area (Å²) < 4.78 is 66.0. The maximum Gasteiger partial charge on any atom is 0.416 e. The van der Waals surface area contributed by atoms with Crippen molar-refractivity contribution in [1.82, 2.24) is 14.5 Å². The lowest BCUT2D eigenvalue weighted by Crippen LogP contribution is -2.25. The van der Waals surface area contributed by atoms with Gasteiger partial charge in [0.2, 0.25) is 10.0 Å². The van der Waals surface area contributed by atoms with Gasteiger partial charge in [-0.05, 0) is 36.6 Å². The molecule has 1 aliphatic rings. The molecular formula is C16H18F3N3O2S. The van der Waals surface area contributed by atoms with E-state index in [4.69, 9.17) is 0 Å². The van der Waals surface area contributed by atoms with Crippen LogP contribution in [-0.4, -0.2) is 18.2 Å². The van der Waals surface area contributed by atoms with E-state index >= 15 is 0 Å². The molecule has 25 heavy (non-hydrogen) atoms. The Hall–Kier alpha value is -1.87. The number of hydrogen-bond acceptors (Lipinski definition) is 3. The number of alkyl halides is 3. The molecule has 1 saturated carbocycles. The van der Waals surface area contributed by atoms with Gasteiger partial charge in [-0.1, -0.05) is 12.1 Å². The van der Waals surface area contributed by atoms with E-state index in [-0.39, 0.29) is 12.3 Å². The minimum atomic E-state index is -4.44. The normalized spacial score (nSPS) is 15.5. The van der Waals surface area contributed by atoms with Crippen LogP contribution < -0.4 is 4.72 Å². The number of halogens is 3. The molecule has 0 atom stereocenters. The zero-order valence-corrected chi connectivity index (χ0v) is 14.4. The summed E-state index contributed by atoms with van der Waals surface area (Å²) >= 11 is 0. The molecule has 0 spiro atoms. The quantitative estimate of drug-likeness (QED) is 0.847. The first-order valence-corrected chi connectivity index (χ1v) is 9.45. The van der Waals surface area contributed by atoms with Crippen LogP contribution in [0.5, 0.6) is 0 Å². The van der Waals surface area contributed by atoms with E-state index in [1.807, 2.05) is 13.1 Å². The number of aryl methyl sites for hydroxylation is 1. The molecule has 1 aromatic heterocycles. The number of nitrogens with one attached hydrogen (secondary N) is 1. The van der Waals surface area contributed by atoms with Gasteiger partial charge in [0, 0.05) is 18.7 Å². The van der Waals surface area contributed by atoms with Gasteiger partial charge in [0.25, 0.3) is 0 Å². The van der Waals surface area contributed by atoms with Crippen molar-refractivity contribution < 1.29 is 21.6 Å². The second-order valence-electron chi connectivity index (χ2n) is 6.23. The molecule has 0 saturated heterocycles. The van der Waals surface area contributed by atoms with E-state index in [9.17, 15) is 21.6 Å². The van der Waals surface area contributed by atoms with Crippen molar-refractivity contribution in [1.29, 1.82) is 0 Å². The predicted octanol–water partition coefficient (Wildman–Crippen LogP) is 2.94. The molecule has 0 bridgehead atoms. The van der Waals surface area contributed by atoms with Gasteiger partial charge < -0.3 is 0 Å². The smallest absolute Gasteiger partial charge is 0.272 e. The van der Waals surface area contributed by atoms with Gasteiger partial charge in [0.1, 0.15) is 0 Å². The zero-order valence-electron chi connectivity index (χ0n) is 13.5. The van der Waals surface area contributed by atoms with Crippen LogP contribution in [0.3, 0.4) is 0 Å². The number of sulfonamides is 1. The van der Waals surface area contributed by atoms with Crippen molar-refractivity contribution in [2.24, 2.45) is 7.05 Å². The molecule has 2 aromatic rings. The summed E-state index contributed by atoms with van der Waals surface area (Å²) in [6, 6.07) is 6.00. The lowest BCUT2D eigenvalue weighted by atomic mass is 10.1. The second kappa shape index (κ2) is 6.45. The molecule has 1 aliphatic carbocycles. The molecule has 136 valence electrons. The number of aromatic nitrogens is 2. The average molecular weight is 373 g/mol. The monoisotopic (exact) mass is 373 g/mol. The van der Waals surface area contributed by atoms with Crippen molar-refractivity contribution in [2.45, 2.75) is 37.2 Å². The fourth-order valence-corrected chi connectivity index (χ4v) is 3.74. The number of benzene rings is 1. The summed E-state index contributed by atoms with van der Waals surface area (Å²) in [5, 5.41) is 4.29. The summed E-state index contributed by atoms with van der Waals surface area (Å²) in [6.45, 7) is 0.0591. The Morgan fingerprint density at radius 2 is 1.88 bits per heavy atom. The Bertz CT molecular complexity index is 854. The molecule has 1 aromatic carbocycles. The highest BCUT2D eigenvalue weighted by Gasteiger charge is 2.30. The minimum Gasteiger partial charge on any atom is -0.272 e. The molecule has 1 heterocycles. The highest BCUT2D eigenvalue weighted by Crippen LogP contribution is 2.39. The molecule has 1 fully saturated rings. The molecule has 0 radical (unpaired) electrons. The van der Waals surface area contributed by atoms with Crippen LogP contribution in [0.25, 0.3) is 0 Å². The van der Waals surface area contributed by atoms with Crippen LogP contribution in [0.2, 0.25) is 0 Å². The number of nitrogens with zero attached hydrogens (tertiary/aromatic N) is 2. The third kappa shape index (κ3) is 4.60. The Morgan fingerprint density at radius 3 is 2.44 bits per heavy atom. The summed E-state index contributed by atoms with van der Waals surface area (Å²) in [6.07, 6.45) is -2.19. The Morgan fingerprint density at radius 1 is 1.24 bits per heavy atom. The summed E-state index contributed by atoms with van der Waals surface area (Å²) in [7, 11) is -1.84. The first kappa shape index (κ1) is 17.9. The van der Waals surface area contributed by atoms with Gasteiger partial charge in [0.05, 0.1) is 23.6 Å². The van der Waals surface area contributed by atoms with Crippen LogP contribution in [0.1, 0.15) is 41.3 Å². The first-order valence-electron chi connectivity index (χ1n) is 7.80. The van der Waals surface area contributed by atoms with Gasteiger partial charge >= 0.3 is 6.18 Å². The van der Waals surface area contributed by atoms with Gasteiger partial charge in [-0.3, -0.25) is 4.68 Å². The lowest BCUT2D eigenvalue weighted by molar-refractivity contribution is -0.137. The predicted molar refractivity (Wildman–Crippen MR) is 86.1 cm³/mol. The van der Waals surface area contributed by atoms with Crippen molar-refractivity contribution in [3.05, 3.63) is 52.8 Å². The Labute approximate surface area is 143 Å². The number of rotatable bonds is 6. The van der Waals surface area contributed by atoms with E-state index in [0.717, 1.165) is 30.7 Å². The van der Waals surface area contributed by atoms with Gasteiger partial charge in [-0.25, -0.2) is 13.1 Å². The van der Waals surface area contributed by atoms with Gasteiger partial charge in [-0.15, -0.1) is 0 Å². The molecule has 0 unspecified atom stereocenters. The van der Waals surface area contributed by atoms with Crippen molar-refractivity contribution >= 4 is 10.0 Å². The van der Waals surface area contributed by atoms with E-state index in [2.05, 4.69) is 9.82 Å². The average Bonchev–Trinajstić information content (AvgIpc) is 3.28. The highest BCUT2D eigenvalue weighted by atomic mass is 32.2. The molecule has 0 aliphatic heterocycles. The van der Waals surface area contributed by atoms with E-state index < -0.39 is 21.8 Å². The van der Waals surface area contributed by atoms with Crippen LogP contribution in [0.15, 0.2) is 30.3 Å². The third-order valence-electron chi connectivity index (χ3n) is 4.07. The second-order valence-corrected chi connectivity index (χ2v) is 8.04. The fourth-order valence-electron chi connectivity index (χ4n) is 2.64. The number of hydrogen-bond donors (Lipinski definition) is 1. The van der Waals surface area contributed by atoms with Crippen LogP contribution in [-0.2, 0) is 35.5 Å². The standard InChI is InChI=1S/C16H18F3N3O2S/c1-22-15(12-4-5-12)8-14(21-22)9-20-25(23,24)10-11-2-6-13(7-3-11)16(17,18)19/h2-3,6-8,12,20H,4-5,9-10H2,1H3.